The van der Waals surface area contributed by atoms with Crippen LogP contribution in [0.25, 0.3) is 11.0 Å². The van der Waals surface area contributed by atoms with Crippen molar-refractivity contribution in [3.63, 3.8) is 0 Å². The minimum Gasteiger partial charge on any atom is -0.398 e. The van der Waals surface area contributed by atoms with Crippen LogP contribution in [-0.4, -0.2) is 9.55 Å². The molecule has 3 nitrogen and oxygen atoms in total. The van der Waals surface area contributed by atoms with E-state index in [-0.39, 0.29) is 0 Å². The van der Waals surface area contributed by atoms with Gasteiger partial charge in [0, 0.05) is 29.5 Å². The van der Waals surface area contributed by atoms with E-state index in [0.29, 0.717) is 6.04 Å². The lowest BCUT2D eigenvalue weighted by Gasteiger charge is -2.13. The van der Waals surface area contributed by atoms with Gasteiger partial charge in [-0.3, -0.25) is 0 Å². The molecule has 3 heteroatoms. The van der Waals surface area contributed by atoms with Crippen LogP contribution in [0.2, 0.25) is 0 Å². The molecule has 0 spiro atoms. The highest BCUT2D eigenvalue weighted by atomic mass is 15.0. The first-order valence-corrected chi connectivity index (χ1v) is 5.45. The zero-order chi connectivity index (χ0) is 10.8. The van der Waals surface area contributed by atoms with Crippen LogP contribution in [0.15, 0.2) is 24.5 Å². The Bertz CT molecular complexity index is 459. The molecular formula is C12H17N3. The highest BCUT2D eigenvalue weighted by Crippen LogP contribution is 2.24. The molecule has 2 aromatic heterocycles. The number of nitrogens with two attached hydrogens (primary N) is 1. The number of nitrogen functional groups attached to an aromatic ring is 1. The Balaban J connectivity index is 2.49. The van der Waals surface area contributed by atoms with Gasteiger partial charge in [0.1, 0.15) is 5.65 Å². The van der Waals surface area contributed by atoms with E-state index in [1.165, 1.54) is 12.8 Å². The number of fused-ring (bicyclic) bond motifs is 1. The zero-order valence-electron chi connectivity index (χ0n) is 9.27. The Morgan fingerprint density at radius 2 is 2.27 bits per heavy atom. The summed E-state index contributed by atoms with van der Waals surface area (Å²) in [5.41, 5.74) is 7.69. The van der Waals surface area contributed by atoms with Crippen molar-refractivity contribution in [1.82, 2.24) is 9.55 Å². The molecule has 0 aliphatic rings. The lowest BCUT2D eigenvalue weighted by atomic mass is 10.2. The number of nitrogens with zero attached hydrogens (tertiary/aromatic N) is 2. The van der Waals surface area contributed by atoms with Crippen LogP contribution in [0.3, 0.4) is 0 Å². The van der Waals surface area contributed by atoms with Gasteiger partial charge >= 0.3 is 0 Å². The maximum atomic E-state index is 5.89. The van der Waals surface area contributed by atoms with Gasteiger partial charge in [-0.1, -0.05) is 13.3 Å². The molecular weight excluding hydrogens is 186 g/mol. The summed E-state index contributed by atoms with van der Waals surface area (Å²) in [7, 11) is 0. The fourth-order valence-corrected chi connectivity index (χ4v) is 1.99. The van der Waals surface area contributed by atoms with E-state index < -0.39 is 0 Å². The molecule has 0 aliphatic carbocycles. The highest BCUT2D eigenvalue weighted by molar-refractivity contribution is 5.88. The molecule has 15 heavy (non-hydrogen) atoms. The number of pyridine rings is 1. The zero-order valence-corrected chi connectivity index (χ0v) is 9.27. The number of hydrogen-bond donors (Lipinski definition) is 1. The van der Waals surface area contributed by atoms with E-state index in [2.05, 4.69) is 29.6 Å². The first-order valence-electron chi connectivity index (χ1n) is 5.45. The fraction of sp³-hybridized carbons (Fsp3) is 0.417. The molecule has 0 saturated carbocycles. The van der Waals surface area contributed by atoms with Crippen LogP contribution in [0.1, 0.15) is 32.7 Å². The second-order valence-corrected chi connectivity index (χ2v) is 4.00. The van der Waals surface area contributed by atoms with Crippen molar-refractivity contribution in [2.24, 2.45) is 0 Å². The maximum Gasteiger partial charge on any atom is 0.142 e. The number of aromatic nitrogens is 2. The summed E-state index contributed by atoms with van der Waals surface area (Å²) in [4.78, 5) is 4.39. The minimum atomic E-state index is 0.488. The molecule has 2 rings (SSSR count). The van der Waals surface area contributed by atoms with Crippen molar-refractivity contribution >= 4 is 16.7 Å². The molecule has 0 amide bonds. The predicted molar refractivity (Wildman–Crippen MR) is 63.8 cm³/mol. The van der Waals surface area contributed by atoms with Gasteiger partial charge in [0.15, 0.2) is 0 Å². The van der Waals surface area contributed by atoms with Gasteiger partial charge in [-0.25, -0.2) is 4.98 Å². The SMILES string of the molecule is CCCC(C)n1ccc2c(N)ccnc21. The molecule has 0 fully saturated rings. The summed E-state index contributed by atoms with van der Waals surface area (Å²) in [5.74, 6) is 0. The van der Waals surface area contributed by atoms with Crippen molar-refractivity contribution < 1.29 is 0 Å². The molecule has 2 aromatic rings. The minimum absolute atomic E-state index is 0.488. The molecule has 1 atom stereocenters. The summed E-state index contributed by atoms with van der Waals surface area (Å²) in [6.45, 7) is 4.41. The van der Waals surface area contributed by atoms with Gasteiger partial charge in [0.05, 0.1) is 0 Å². The van der Waals surface area contributed by atoms with Crippen LogP contribution < -0.4 is 5.73 Å². The standard InChI is InChI=1S/C12H17N3/c1-3-4-9(2)15-8-6-10-11(13)5-7-14-12(10)15/h5-9H,3-4H2,1-2H3,(H2,13,14). The van der Waals surface area contributed by atoms with Crippen molar-refractivity contribution in [3.05, 3.63) is 24.5 Å². The normalized spacial score (nSPS) is 13.2. The smallest absolute Gasteiger partial charge is 0.142 e. The molecule has 80 valence electrons. The van der Waals surface area contributed by atoms with Crippen molar-refractivity contribution in [2.75, 3.05) is 5.73 Å². The second kappa shape index (κ2) is 3.93. The number of anilines is 1. The Labute approximate surface area is 89.9 Å². The predicted octanol–water partition coefficient (Wildman–Crippen LogP) is 2.98. The molecule has 0 aromatic carbocycles. The molecule has 0 saturated heterocycles. The van der Waals surface area contributed by atoms with Gasteiger partial charge in [-0.05, 0) is 25.5 Å². The van der Waals surface area contributed by atoms with Gasteiger partial charge < -0.3 is 10.3 Å². The first-order chi connectivity index (χ1) is 7.24. The highest BCUT2D eigenvalue weighted by Gasteiger charge is 2.09. The monoisotopic (exact) mass is 203 g/mol. The van der Waals surface area contributed by atoms with Gasteiger partial charge in [0.25, 0.3) is 0 Å². The third-order valence-electron chi connectivity index (χ3n) is 2.83. The lowest BCUT2D eigenvalue weighted by molar-refractivity contribution is 0.512. The average Bonchev–Trinajstić information content (AvgIpc) is 2.63. The van der Waals surface area contributed by atoms with E-state index in [9.17, 15) is 0 Å². The molecule has 1 unspecified atom stereocenters. The molecule has 2 heterocycles. The van der Waals surface area contributed by atoms with Gasteiger partial charge in [-0.2, -0.15) is 0 Å². The Kier molecular flexibility index (Phi) is 2.62. The quantitative estimate of drug-likeness (QED) is 0.833. The van der Waals surface area contributed by atoms with E-state index in [0.717, 1.165) is 16.7 Å². The Morgan fingerprint density at radius 3 is 3.00 bits per heavy atom. The lowest BCUT2D eigenvalue weighted by Crippen LogP contribution is -2.04. The van der Waals surface area contributed by atoms with E-state index in [1.54, 1.807) is 6.20 Å². The maximum absolute atomic E-state index is 5.89. The third kappa shape index (κ3) is 1.69. The Hall–Kier alpha value is -1.51. The van der Waals surface area contributed by atoms with Crippen molar-refractivity contribution in [3.8, 4) is 0 Å². The van der Waals surface area contributed by atoms with E-state index >= 15 is 0 Å². The number of hydrogen-bond acceptors (Lipinski definition) is 2. The summed E-state index contributed by atoms with van der Waals surface area (Å²) in [6.07, 6.45) is 6.20. The average molecular weight is 203 g/mol. The topological polar surface area (TPSA) is 43.8 Å². The van der Waals surface area contributed by atoms with Crippen LogP contribution in [0, 0.1) is 0 Å². The fourth-order valence-electron chi connectivity index (χ4n) is 1.99. The van der Waals surface area contributed by atoms with Crippen LogP contribution in [0.5, 0.6) is 0 Å². The molecule has 2 N–H and O–H groups in total. The molecule has 0 bridgehead atoms. The number of rotatable bonds is 3. The van der Waals surface area contributed by atoms with Gasteiger partial charge in [-0.15, -0.1) is 0 Å². The van der Waals surface area contributed by atoms with Crippen molar-refractivity contribution in [2.45, 2.75) is 32.7 Å². The summed E-state index contributed by atoms with van der Waals surface area (Å²) < 4.78 is 2.20. The Morgan fingerprint density at radius 1 is 1.47 bits per heavy atom. The second-order valence-electron chi connectivity index (χ2n) is 4.00. The van der Waals surface area contributed by atoms with Crippen LogP contribution in [0.4, 0.5) is 5.69 Å². The van der Waals surface area contributed by atoms with Gasteiger partial charge in [0.2, 0.25) is 0 Å². The summed E-state index contributed by atoms with van der Waals surface area (Å²) in [5, 5.41) is 1.06. The third-order valence-corrected chi connectivity index (χ3v) is 2.83. The van der Waals surface area contributed by atoms with Crippen LogP contribution >= 0.6 is 0 Å². The first kappa shape index (κ1) is 10.0. The van der Waals surface area contributed by atoms with E-state index in [4.69, 9.17) is 5.73 Å². The van der Waals surface area contributed by atoms with Crippen molar-refractivity contribution in [1.29, 1.82) is 0 Å². The van der Waals surface area contributed by atoms with Crippen LogP contribution in [-0.2, 0) is 0 Å². The summed E-state index contributed by atoms with van der Waals surface area (Å²) in [6, 6.07) is 4.38. The largest absolute Gasteiger partial charge is 0.398 e. The summed E-state index contributed by atoms with van der Waals surface area (Å²) >= 11 is 0. The van der Waals surface area contributed by atoms with E-state index in [1.807, 2.05) is 12.1 Å². The molecule has 0 radical (unpaired) electrons. The molecule has 0 aliphatic heterocycles.